The first-order valence-electron chi connectivity index (χ1n) is 5.82. The van der Waals surface area contributed by atoms with Gasteiger partial charge in [-0.3, -0.25) is 0 Å². The summed E-state index contributed by atoms with van der Waals surface area (Å²) in [6.45, 7) is 2.59. The van der Waals surface area contributed by atoms with Gasteiger partial charge in [0, 0.05) is 11.1 Å². The molecule has 0 bridgehead atoms. The Morgan fingerprint density at radius 1 is 0.882 bits per heavy atom. The molecule has 0 aliphatic carbocycles. The Balaban J connectivity index is 2.20. The highest BCUT2D eigenvalue weighted by atomic mass is 16.5. The van der Waals surface area contributed by atoms with Crippen LogP contribution in [0.15, 0.2) is 48.5 Å². The minimum Gasteiger partial charge on any atom is -0.489 e. The van der Waals surface area contributed by atoms with Crippen molar-refractivity contribution >= 4 is 0 Å². The Morgan fingerprint density at radius 3 is 2.24 bits per heavy atom. The first kappa shape index (κ1) is 10.2. The van der Waals surface area contributed by atoms with Crippen molar-refractivity contribution in [3.8, 4) is 22.6 Å². The van der Waals surface area contributed by atoms with Gasteiger partial charge in [0.15, 0.2) is 0 Å². The molecule has 0 amide bonds. The highest BCUT2D eigenvalue weighted by Crippen LogP contribution is 2.37. The van der Waals surface area contributed by atoms with Crippen LogP contribution in [0.4, 0.5) is 0 Å². The minimum atomic E-state index is 0.0597. The zero-order valence-electron chi connectivity index (χ0n) is 9.72. The Hall–Kier alpha value is -1.96. The van der Waals surface area contributed by atoms with E-state index in [9.17, 15) is 0 Å². The molecule has 0 fully saturated rings. The molecule has 86 valence electrons. The quantitative estimate of drug-likeness (QED) is 0.684. The SMILES string of the molecule is C[C@H]1COc2ccccc2-c2ccccc2O1. The van der Waals surface area contributed by atoms with Crippen LogP contribution in [0.5, 0.6) is 11.5 Å². The van der Waals surface area contributed by atoms with Crippen molar-refractivity contribution in [2.75, 3.05) is 6.61 Å². The van der Waals surface area contributed by atoms with Gasteiger partial charge in [-0.05, 0) is 19.1 Å². The standard InChI is InChI=1S/C15H14O2/c1-11-10-16-14-8-4-2-6-12(14)13-7-3-5-9-15(13)17-11/h2-9,11H,10H2,1H3/t11-/m0/s1. The van der Waals surface area contributed by atoms with Gasteiger partial charge < -0.3 is 9.47 Å². The maximum absolute atomic E-state index is 5.87. The summed E-state index contributed by atoms with van der Waals surface area (Å²) in [4.78, 5) is 0. The summed E-state index contributed by atoms with van der Waals surface area (Å²) in [6.07, 6.45) is 0.0597. The van der Waals surface area contributed by atoms with Crippen molar-refractivity contribution in [2.24, 2.45) is 0 Å². The van der Waals surface area contributed by atoms with Crippen LogP contribution >= 0.6 is 0 Å². The smallest absolute Gasteiger partial charge is 0.130 e. The summed E-state index contributed by atoms with van der Waals surface area (Å²) in [6, 6.07) is 16.2. The Labute approximate surface area is 101 Å². The predicted octanol–water partition coefficient (Wildman–Crippen LogP) is 3.51. The van der Waals surface area contributed by atoms with Crippen molar-refractivity contribution in [1.82, 2.24) is 0 Å². The molecule has 2 nitrogen and oxygen atoms in total. The fraction of sp³-hybridized carbons (Fsp3) is 0.200. The molecule has 0 saturated carbocycles. The summed E-state index contributed by atoms with van der Waals surface area (Å²) >= 11 is 0. The van der Waals surface area contributed by atoms with Crippen LogP contribution in [-0.2, 0) is 0 Å². The third-order valence-corrected chi connectivity index (χ3v) is 2.87. The van der Waals surface area contributed by atoms with Crippen molar-refractivity contribution in [3.63, 3.8) is 0 Å². The molecule has 0 saturated heterocycles. The lowest BCUT2D eigenvalue weighted by molar-refractivity contribution is 0.141. The van der Waals surface area contributed by atoms with Crippen molar-refractivity contribution < 1.29 is 9.47 Å². The van der Waals surface area contributed by atoms with Crippen molar-refractivity contribution in [3.05, 3.63) is 48.5 Å². The van der Waals surface area contributed by atoms with Gasteiger partial charge in [0.2, 0.25) is 0 Å². The Bertz CT molecular complexity index is 534. The van der Waals surface area contributed by atoms with Crippen LogP contribution in [-0.4, -0.2) is 12.7 Å². The summed E-state index contributed by atoms with van der Waals surface area (Å²) in [5, 5.41) is 0. The molecule has 3 rings (SSSR count). The first-order valence-corrected chi connectivity index (χ1v) is 5.82. The summed E-state index contributed by atoms with van der Waals surface area (Å²) in [5.74, 6) is 1.85. The molecule has 2 aromatic carbocycles. The molecule has 1 aliphatic rings. The van der Waals surface area contributed by atoms with E-state index in [-0.39, 0.29) is 6.10 Å². The van der Waals surface area contributed by atoms with Gasteiger partial charge in [0.05, 0.1) is 0 Å². The number of ether oxygens (including phenoxy) is 2. The van der Waals surface area contributed by atoms with Crippen LogP contribution in [0.25, 0.3) is 11.1 Å². The van der Waals surface area contributed by atoms with Crippen molar-refractivity contribution in [2.45, 2.75) is 13.0 Å². The van der Waals surface area contributed by atoms with Crippen molar-refractivity contribution in [1.29, 1.82) is 0 Å². The van der Waals surface area contributed by atoms with Crippen LogP contribution in [0.1, 0.15) is 6.92 Å². The maximum atomic E-state index is 5.87. The normalized spacial score (nSPS) is 17.8. The summed E-state index contributed by atoms with van der Waals surface area (Å²) in [5.41, 5.74) is 2.18. The highest BCUT2D eigenvalue weighted by molar-refractivity contribution is 5.75. The van der Waals surface area contributed by atoms with Crippen LogP contribution in [0.3, 0.4) is 0 Å². The van der Waals surface area contributed by atoms with Crippen LogP contribution < -0.4 is 9.47 Å². The number of benzene rings is 2. The number of rotatable bonds is 0. The lowest BCUT2D eigenvalue weighted by atomic mass is 10.0. The van der Waals surface area contributed by atoms with Gasteiger partial charge in [0.25, 0.3) is 0 Å². The number of hydrogen-bond acceptors (Lipinski definition) is 2. The average Bonchev–Trinajstić information content (AvgIpc) is 2.36. The molecule has 0 N–H and O–H groups in total. The second kappa shape index (κ2) is 4.13. The fourth-order valence-corrected chi connectivity index (χ4v) is 2.06. The van der Waals surface area contributed by atoms with Gasteiger partial charge in [-0.25, -0.2) is 0 Å². The second-order valence-electron chi connectivity index (χ2n) is 4.23. The van der Waals surface area contributed by atoms with Gasteiger partial charge >= 0.3 is 0 Å². The van der Waals surface area contributed by atoms with E-state index in [2.05, 4.69) is 12.1 Å². The Kier molecular flexibility index (Phi) is 2.48. The Morgan fingerprint density at radius 2 is 1.47 bits per heavy atom. The van der Waals surface area contributed by atoms with Gasteiger partial charge in [-0.15, -0.1) is 0 Å². The highest BCUT2D eigenvalue weighted by Gasteiger charge is 2.17. The number of hydrogen-bond donors (Lipinski definition) is 0. The molecule has 2 aromatic rings. The lowest BCUT2D eigenvalue weighted by Crippen LogP contribution is -2.22. The predicted molar refractivity (Wildman–Crippen MR) is 67.5 cm³/mol. The number of fused-ring (bicyclic) bond motifs is 3. The fourth-order valence-electron chi connectivity index (χ4n) is 2.06. The molecule has 0 unspecified atom stereocenters. The zero-order chi connectivity index (χ0) is 11.7. The molecular formula is C15H14O2. The molecule has 17 heavy (non-hydrogen) atoms. The molecule has 0 spiro atoms. The molecule has 1 aliphatic heterocycles. The molecule has 1 heterocycles. The average molecular weight is 226 g/mol. The van der Waals surface area contributed by atoms with Crippen LogP contribution in [0.2, 0.25) is 0 Å². The third-order valence-electron chi connectivity index (χ3n) is 2.87. The van der Waals surface area contributed by atoms with E-state index >= 15 is 0 Å². The lowest BCUT2D eigenvalue weighted by Gasteiger charge is -2.23. The molecule has 0 aromatic heterocycles. The van der Waals surface area contributed by atoms with Crippen LogP contribution in [0, 0.1) is 0 Å². The first-order chi connectivity index (χ1) is 8.34. The maximum Gasteiger partial charge on any atom is 0.130 e. The van der Waals surface area contributed by atoms with E-state index in [1.165, 1.54) is 0 Å². The molecule has 0 radical (unpaired) electrons. The van der Waals surface area contributed by atoms with E-state index in [0.717, 1.165) is 22.6 Å². The summed E-state index contributed by atoms with van der Waals surface area (Å²) < 4.78 is 11.6. The third kappa shape index (κ3) is 1.86. The zero-order valence-corrected chi connectivity index (χ0v) is 9.72. The molecule has 2 heteroatoms. The van der Waals surface area contributed by atoms with E-state index in [4.69, 9.17) is 9.47 Å². The topological polar surface area (TPSA) is 18.5 Å². The minimum absolute atomic E-state index is 0.0597. The van der Waals surface area contributed by atoms with E-state index in [1.807, 2.05) is 43.3 Å². The van der Waals surface area contributed by atoms with E-state index in [1.54, 1.807) is 0 Å². The van der Waals surface area contributed by atoms with Gasteiger partial charge in [-0.2, -0.15) is 0 Å². The van der Waals surface area contributed by atoms with E-state index < -0.39 is 0 Å². The molecule has 1 atom stereocenters. The van der Waals surface area contributed by atoms with E-state index in [0.29, 0.717) is 6.61 Å². The monoisotopic (exact) mass is 226 g/mol. The largest absolute Gasteiger partial charge is 0.489 e. The van der Waals surface area contributed by atoms with Gasteiger partial charge in [0.1, 0.15) is 24.2 Å². The number of para-hydroxylation sites is 2. The van der Waals surface area contributed by atoms with Gasteiger partial charge in [-0.1, -0.05) is 36.4 Å². The second-order valence-corrected chi connectivity index (χ2v) is 4.23. The molecular weight excluding hydrogens is 212 g/mol. The summed E-state index contributed by atoms with van der Waals surface area (Å²) in [7, 11) is 0.